The maximum atomic E-state index is 12.1. The zero-order valence-electron chi connectivity index (χ0n) is 15.1. The largest absolute Gasteiger partial charge is 0.405 e. The third kappa shape index (κ3) is 11.6. The molecule has 1 atom stereocenters. The van der Waals surface area contributed by atoms with Crippen LogP contribution in [-0.2, 0) is 9.09 Å². The van der Waals surface area contributed by atoms with Gasteiger partial charge in [-0.15, -0.1) is 0 Å². The van der Waals surface area contributed by atoms with Crippen LogP contribution in [0, 0.1) is 0 Å². The van der Waals surface area contributed by atoms with E-state index in [2.05, 4.69) is 13.8 Å². The third-order valence-corrected chi connectivity index (χ3v) is 5.73. The van der Waals surface area contributed by atoms with Crippen molar-refractivity contribution in [2.45, 2.75) is 90.9 Å². The molecule has 0 aliphatic heterocycles. The topological polar surface area (TPSA) is 49.8 Å². The molecule has 0 saturated heterocycles. The van der Waals surface area contributed by atoms with Crippen molar-refractivity contribution in [3.05, 3.63) is 0 Å². The predicted octanol–water partition coefficient (Wildman–Crippen LogP) is 5.76. The van der Waals surface area contributed by atoms with E-state index in [1.807, 2.05) is 0 Å². The summed E-state index contributed by atoms with van der Waals surface area (Å²) in [6.07, 6.45) is 14.3. The Bertz CT molecular complexity index is 271. The molecule has 0 aromatic carbocycles. The quantitative estimate of drug-likeness (QED) is 0.288. The molecule has 134 valence electrons. The zero-order valence-corrected chi connectivity index (χ0v) is 16.0. The number of rotatable bonds is 16. The van der Waals surface area contributed by atoms with Crippen LogP contribution in [0.5, 0.6) is 0 Å². The fraction of sp³-hybridized carbons (Fsp3) is 1.00. The first kappa shape index (κ1) is 22.1. The monoisotopic (exact) mass is 335 g/mol. The lowest BCUT2D eigenvalue weighted by molar-refractivity contribution is 0.230. The van der Waals surface area contributed by atoms with Gasteiger partial charge in [-0.25, -0.2) is 9.24 Å². The molecule has 0 bridgehead atoms. The third-order valence-electron chi connectivity index (χ3n) is 4.13. The van der Waals surface area contributed by atoms with Crippen molar-refractivity contribution in [2.75, 3.05) is 20.2 Å². The standard InChI is InChI=1S/C17H38NO3P/c1-4-6-8-10-12-14-16-18(22(19,20)21-3)17-15-13-11-9-7-5-2/h4-17H2,1-3H3,(H,19,20). The minimum Gasteiger partial charge on any atom is -0.312 e. The van der Waals surface area contributed by atoms with Crippen molar-refractivity contribution in [1.29, 1.82) is 0 Å². The van der Waals surface area contributed by atoms with Crippen LogP contribution < -0.4 is 0 Å². The van der Waals surface area contributed by atoms with E-state index in [0.717, 1.165) is 25.7 Å². The molecule has 0 aliphatic carbocycles. The van der Waals surface area contributed by atoms with E-state index in [-0.39, 0.29) is 0 Å². The highest BCUT2D eigenvalue weighted by Gasteiger charge is 2.27. The summed E-state index contributed by atoms with van der Waals surface area (Å²) in [5.74, 6) is 0. The lowest BCUT2D eigenvalue weighted by Crippen LogP contribution is -2.23. The van der Waals surface area contributed by atoms with E-state index in [1.54, 1.807) is 4.67 Å². The molecule has 22 heavy (non-hydrogen) atoms. The molecule has 0 amide bonds. The summed E-state index contributed by atoms with van der Waals surface area (Å²) < 4.78 is 18.6. The summed E-state index contributed by atoms with van der Waals surface area (Å²) in [7, 11) is -2.24. The van der Waals surface area contributed by atoms with Gasteiger partial charge in [0.15, 0.2) is 0 Å². The molecule has 0 fully saturated rings. The van der Waals surface area contributed by atoms with E-state index in [4.69, 9.17) is 4.52 Å². The van der Waals surface area contributed by atoms with Crippen LogP contribution in [0.25, 0.3) is 0 Å². The Balaban J connectivity index is 3.94. The molecular formula is C17H38NO3P. The van der Waals surface area contributed by atoms with Crippen molar-refractivity contribution < 1.29 is 14.0 Å². The highest BCUT2D eigenvalue weighted by molar-refractivity contribution is 7.50. The molecule has 0 spiro atoms. The van der Waals surface area contributed by atoms with Crippen molar-refractivity contribution in [1.82, 2.24) is 4.67 Å². The van der Waals surface area contributed by atoms with Gasteiger partial charge in [-0.05, 0) is 12.8 Å². The molecule has 5 heteroatoms. The molecule has 0 heterocycles. The minimum atomic E-state index is -3.57. The van der Waals surface area contributed by atoms with E-state index >= 15 is 0 Å². The maximum absolute atomic E-state index is 12.1. The smallest absolute Gasteiger partial charge is 0.312 e. The van der Waals surface area contributed by atoms with Crippen LogP contribution in [-0.4, -0.2) is 29.8 Å². The van der Waals surface area contributed by atoms with Crippen molar-refractivity contribution >= 4 is 7.75 Å². The fourth-order valence-corrected chi connectivity index (χ4v) is 3.65. The van der Waals surface area contributed by atoms with Crippen LogP contribution in [0.3, 0.4) is 0 Å². The second kappa shape index (κ2) is 14.7. The molecule has 0 radical (unpaired) electrons. The van der Waals surface area contributed by atoms with Crippen LogP contribution >= 0.6 is 7.75 Å². The normalized spacial score (nSPS) is 14.4. The second-order valence-electron chi connectivity index (χ2n) is 6.16. The van der Waals surface area contributed by atoms with Gasteiger partial charge in [-0.1, -0.05) is 78.1 Å². The summed E-state index contributed by atoms with van der Waals surface area (Å²) in [4.78, 5) is 9.92. The summed E-state index contributed by atoms with van der Waals surface area (Å²) in [6.45, 7) is 5.76. The maximum Gasteiger partial charge on any atom is 0.405 e. The van der Waals surface area contributed by atoms with Crippen LogP contribution in [0.1, 0.15) is 90.9 Å². The molecule has 0 aliphatic rings. The van der Waals surface area contributed by atoms with Gasteiger partial charge in [0.05, 0.1) is 0 Å². The molecule has 0 rings (SSSR count). The van der Waals surface area contributed by atoms with Gasteiger partial charge in [0.25, 0.3) is 0 Å². The Morgan fingerprint density at radius 3 is 1.50 bits per heavy atom. The SMILES string of the molecule is CCCCCCCCN(CCCCCCCC)P(=O)(O)OC. The van der Waals surface area contributed by atoms with E-state index in [9.17, 15) is 9.46 Å². The summed E-state index contributed by atoms with van der Waals surface area (Å²) in [6, 6.07) is 0. The summed E-state index contributed by atoms with van der Waals surface area (Å²) in [5.41, 5.74) is 0. The van der Waals surface area contributed by atoms with Gasteiger partial charge in [0.2, 0.25) is 0 Å². The molecule has 0 aromatic heterocycles. The van der Waals surface area contributed by atoms with Gasteiger partial charge >= 0.3 is 7.75 Å². The Hall–Kier alpha value is 0.110. The Morgan fingerprint density at radius 2 is 1.14 bits per heavy atom. The average Bonchev–Trinajstić information content (AvgIpc) is 2.51. The zero-order chi connectivity index (χ0) is 16.7. The second-order valence-corrected chi connectivity index (χ2v) is 8.07. The summed E-state index contributed by atoms with van der Waals surface area (Å²) >= 11 is 0. The first-order chi connectivity index (χ1) is 10.6. The Kier molecular flexibility index (Phi) is 14.8. The van der Waals surface area contributed by atoms with Crippen molar-refractivity contribution in [3.8, 4) is 0 Å². The first-order valence-corrected chi connectivity index (χ1v) is 10.8. The highest BCUT2D eigenvalue weighted by Crippen LogP contribution is 2.45. The van der Waals surface area contributed by atoms with E-state index < -0.39 is 7.75 Å². The molecule has 0 aromatic rings. The lowest BCUT2D eigenvalue weighted by atomic mass is 10.1. The molecular weight excluding hydrogens is 297 g/mol. The minimum absolute atomic E-state index is 0.669. The van der Waals surface area contributed by atoms with Gasteiger partial charge in [-0.2, -0.15) is 0 Å². The Morgan fingerprint density at radius 1 is 0.773 bits per heavy atom. The predicted molar refractivity (Wildman–Crippen MR) is 95.2 cm³/mol. The number of hydrogen-bond acceptors (Lipinski definition) is 2. The summed E-state index contributed by atoms with van der Waals surface area (Å²) in [5, 5.41) is 0. The average molecular weight is 335 g/mol. The number of hydrogen-bond donors (Lipinski definition) is 1. The molecule has 1 N–H and O–H groups in total. The van der Waals surface area contributed by atoms with Crippen molar-refractivity contribution in [3.63, 3.8) is 0 Å². The van der Waals surface area contributed by atoms with Crippen LogP contribution in [0.4, 0.5) is 0 Å². The number of unbranched alkanes of at least 4 members (excludes halogenated alkanes) is 10. The highest BCUT2D eigenvalue weighted by atomic mass is 31.2. The van der Waals surface area contributed by atoms with Gasteiger partial charge in [0.1, 0.15) is 0 Å². The molecule has 4 nitrogen and oxygen atoms in total. The Labute approximate surface area is 138 Å². The van der Waals surface area contributed by atoms with Crippen LogP contribution in [0.15, 0.2) is 0 Å². The van der Waals surface area contributed by atoms with E-state index in [0.29, 0.717) is 13.1 Å². The number of nitrogens with zero attached hydrogens (tertiary/aromatic N) is 1. The molecule has 0 saturated carbocycles. The van der Waals surface area contributed by atoms with E-state index in [1.165, 1.54) is 58.5 Å². The van der Waals surface area contributed by atoms with Crippen molar-refractivity contribution in [2.24, 2.45) is 0 Å². The lowest BCUT2D eigenvalue weighted by Gasteiger charge is -2.25. The first-order valence-electron chi connectivity index (χ1n) is 9.22. The fourth-order valence-electron chi connectivity index (χ4n) is 2.63. The molecule has 1 unspecified atom stereocenters. The van der Waals surface area contributed by atoms with Gasteiger partial charge in [0, 0.05) is 20.2 Å². The van der Waals surface area contributed by atoms with Gasteiger partial charge < -0.3 is 9.42 Å². The van der Waals surface area contributed by atoms with Crippen LogP contribution in [0.2, 0.25) is 0 Å². The van der Waals surface area contributed by atoms with Gasteiger partial charge in [-0.3, -0.25) is 0 Å².